The van der Waals surface area contributed by atoms with Crippen molar-refractivity contribution in [3.63, 3.8) is 0 Å². The molecule has 5 nitrogen and oxygen atoms in total. The van der Waals surface area contributed by atoms with Crippen LogP contribution in [0.2, 0.25) is 0 Å². The van der Waals surface area contributed by atoms with Crippen molar-refractivity contribution < 1.29 is 33.5 Å². The standard InChI is InChI=1S/C10H10N2O3.Li/c1-6-4-12-5-7(10(13)14)3-8(15-2)9(12)11-6;/h3-5H,1-2H3,(H,13,14);/q;+1/p-1. The number of rotatable bonds is 2. The molecule has 0 amide bonds. The number of aromatic carboxylic acids is 1. The van der Waals surface area contributed by atoms with Gasteiger partial charge in [-0.05, 0) is 13.0 Å². The second-order valence-corrected chi connectivity index (χ2v) is 3.20. The number of aryl methyl sites for hydroxylation is 1. The summed E-state index contributed by atoms with van der Waals surface area (Å²) in [5, 5.41) is 10.7. The van der Waals surface area contributed by atoms with Crippen LogP contribution in [-0.4, -0.2) is 22.5 Å². The molecule has 0 bridgehead atoms. The summed E-state index contributed by atoms with van der Waals surface area (Å²) in [4.78, 5) is 14.9. The summed E-state index contributed by atoms with van der Waals surface area (Å²) in [6.45, 7) is 1.82. The van der Waals surface area contributed by atoms with E-state index < -0.39 is 5.97 Å². The summed E-state index contributed by atoms with van der Waals surface area (Å²) < 4.78 is 6.67. The summed E-state index contributed by atoms with van der Waals surface area (Å²) in [5.41, 5.74) is 1.46. The number of carbonyl (C=O) groups is 1. The van der Waals surface area contributed by atoms with Crippen molar-refractivity contribution in [3.05, 3.63) is 29.7 Å². The summed E-state index contributed by atoms with van der Waals surface area (Å²) >= 11 is 0. The Balaban J connectivity index is 0.00000128. The van der Waals surface area contributed by atoms with Crippen LogP contribution >= 0.6 is 0 Å². The molecule has 0 fully saturated rings. The van der Waals surface area contributed by atoms with Crippen LogP contribution in [-0.2, 0) is 0 Å². The number of ether oxygens (including phenoxy) is 1. The van der Waals surface area contributed by atoms with Gasteiger partial charge in [-0.1, -0.05) is 0 Å². The van der Waals surface area contributed by atoms with Crippen LogP contribution < -0.4 is 28.7 Å². The van der Waals surface area contributed by atoms with Crippen LogP contribution in [0.15, 0.2) is 18.5 Å². The van der Waals surface area contributed by atoms with E-state index in [1.165, 1.54) is 19.4 Å². The predicted molar refractivity (Wildman–Crippen MR) is 50.8 cm³/mol. The first-order valence-electron chi connectivity index (χ1n) is 4.36. The molecule has 0 aliphatic rings. The van der Waals surface area contributed by atoms with E-state index in [1.807, 2.05) is 6.92 Å². The minimum absolute atomic E-state index is 0. The number of fused-ring (bicyclic) bond motifs is 1. The second-order valence-electron chi connectivity index (χ2n) is 3.20. The average Bonchev–Trinajstić information content (AvgIpc) is 2.56. The fraction of sp³-hybridized carbons (Fsp3) is 0.200. The number of nitrogens with zero attached hydrogens (tertiary/aromatic N) is 2. The normalized spacial score (nSPS) is 9.88. The molecule has 0 atom stereocenters. The Morgan fingerprint density at radius 2 is 2.19 bits per heavy atom. The third kappa shape index (κ3) is 2.06. The van der Waals surface area contributed by atoms with Crippen molar-refractivity contribution >= 4 is 11.6 Å². The molecule has 16 heavy (non-hydrogen) atoms. The van der Waals surface area contributed by atoms with Crippen molar-refractivity contribution in [2.24, 2.45) is 0 Å². The minimum Gasteiger partial charge on any atom is -0.545 e. The first-order chi connectivity index (χ1) is 7.11. The van der Waals surface area contributed by atoms with Crippen molar-refractivity contribution in [1.29, 1.82) is 0 Å². The van der Waals surface area contributed by atoms with Crippen LogP contribution in [0.4, 0.5) is 0 Å². The zero-order valence-corrected chi connectivity index (χ0v) is 9.35. The molecule has 0 unspecified atom stereocenters. The van der Waals surface area contributed by atoms with E-state index in [1.54, 1.807) is 10.6 Å². The van der Waals surface area contributed by atoms with Gasteiger partial charge in [0, 0.05) is 18.0 Å². The molecule has 2 aromatic rings. The van der Waals surface area contributed by atoms with Gasteiger partial charge in [-0.25, -0.2) is 4.98 Å². The number of hydrogen-bond donors (Lipinski definition) is 0. The van der Waals surface area contributed by atoms with Crippen LogP contribution in [0.5, 0.6) is 5.75 Å². The number of methoxy groups -OCH3 is 1. The average molecular weight is 212 g/mol. The summed E-state index contributed by atoms with van der Waals surface area (Å²) in [5.74, 6) is -0.814. The first kappa shape index (κ1) is 12.6. The number of aromatic nitrogens is 2. The molecule has 0 aliphatic heterocycles. The molecule has 0 spiro atoms. The number of carboxylic acids is 1. The van der Waals surface area contributed by atoms with Gasteiger partial charge in [0.25, 0.3) is 0 Å². The monoisotopic (exact) mass is 212 g/mol. The smallest absolute Gasteiger partial charge is 0.545 e. The van der Waals surface area contributed by atoms with Gasteiger partial charge < -0.3 is 19.0 Å². The molecule has 0 aromatic carbocycles. The SMILES string of the molecule is COc1cc(C(=O)[O-])cn2cc(C)nc12.[Li+]. The Bertz CT molecular complexity index is 536. The molecular formula is C10H9LiN2O3. The van der Waals surface area contributed by atoms with E-state index >= 15 is 0 Å². The maximum absolute atomic E-state index is 10.7. The van der Waals surface area contributed by atoms with E-state index in [2.05, 4.69) is 4.98 Å². The third-order valence-corrected chi connectivity index (χ3v) is 2.09. The van der Waals surface area contributed by atoms with Gasteiger partial charge in [-0.3, -0.25) is 0 Å². The van der Waals surface area contributed by atoms with Crippen molar-refractivity contribution in [2.75, 3.05) is 7.11 Å². The Labute approximate surface area is 104 Å². The quantitative estimate of drug-likeness (QED) is 0.498. The fourth-order valence-electron chi connectivity index (χ4n) is 1.45. The zero-order chi connectivity index (χ0) is 11.0. The second kappa shape index (κ2) is 4.60. The molecular weight excluding hydrogens is 203 g/mol. The Morgan fingerprint density at radius 1 is 1.50 bits per heavy atom. The van der Waals surface area contributed by atoms with Crippen molar-refractivity contribution in [1.82, 2.24) is 9.38 Å². The third-order valence-electron chi connectivity index (χ3n) is 2.09. The van der Waals surface area contributed by atoms with Gasteiger partial charge in [0.2, 0.25) is 0 Å². The molecule has 78 valence electrons. The fourth-order valence-corrected chi connectivity index (χ4v) is 1.45. The minimum atomic E-state index is -1.23. The van der Waals surface area contributed by atoms with Crippen LogP contribution in [0, 0.1) is 6.92 Å². The van der Waals surface area contributed by atoms with Gasteiger partial charge >= 0.3 is 18.9 Å². The number of hydrogen-bond acceptors (Lipinski definition) is 4. The Hall–Kier alpha value is -1.44. The molecule has 6 heteroatoms. The summed E-state index contributed by atoms with van der Waals surface area (Å²) in [6, 6.07) is 1.40. The number of pyridine rings is 1. The Morgan fingerprint density at radius 3 is 2.75 bits per heavy atom. The molecule has 0 saturated carbocycles. The molecule has 0 N–H and O–H groups in total. The van der Waals surface area contributed by atoms with Crippen molar-refractivity contribution in [3.8, 4) is 5.75 Å². The first-order valence-corrected chi connectivity index (χ1v) is 4.36. The topological polar surface area (TPSA) is 66.7 Å². The van der Waals surface area contributed by atoms with Crippen LogP contribution in [0.3, 0.4) is 0 Å². The molecule has 0 saturated heterocycles. The zero-order valence-electron chi connectivity index (χ0n) is 9.35. The van der Waals surface area contributed by atoms with E-state index in [9.17, 15) is 9.90 Å². The van der Waals surface area contributed by atoms with E-state index in [0.717, 1.165) is 5.69 Å². The van der Waals surface area contributed by atoms with Gasteiger partial charge in [0.05, 0.1) is 18.8 Å². The van der Waals surface area contributed by atoms with Crippen LogP contribution in [0.25, 0.3) is 5.65 Å². The number of carboxylic acid groups (broad SMARTS) is 1. The van der Waals surface area contributed by atoms with Gasteiger partial charge in [0.1, 0.15) is 0 Å². The summed E-state index contributed by atoms with van der Waals surface area (Å²) in [6.07, 6.45) is 3.18. The number of carbonyl (C=O) groups excluding carboxylic acids is 1. The maximum atomic E-state index is 10.7. The summed E-state index contributed by atoms with van der Waals surface area (Å²) in [7, 11) is 1.47. The predicted octanol–water partition coefficient (Wildman–Crippen LogP) is -2.98. The number of imidazole rings is 1. The van der Waals surface area contributed by atoms with Gasteiger partial charge in [-0.15, -0.1) is 0 Å². The van der Waals surface area contributed by atoms with Gasteiger partial charge in [-0.2, -0.15) is 0 Å². The molecule has 0 aliphatic carbocycles. The van der Waals surface area contributed by atoms with Crippen LogP contribution in [0.1, 0.15) is 16.1 Å². The van der Waals surface area contributed by atoms with Crippen molar-refractivity contribution in [2.45, 2.75) is 6.92 Å². The molecule has 2 heterocycles. The molecule has 0 radical (unpaired) electrons. The molecule has 2 rings (SSSR count). The van der Waals surface area contributed by atoms with E-state index in [0.29, 0.717) is 11.4 Å². The van der Waals surface area contributed by atoms with E-state index in [4.69, 9.17) is 4.74 Å². The largest absolute Gasteiger partial charge is 1.00 e. The molecule has 2 aromatic heterocycles. The van der Waals surface area contributed by atoms with Gasteiger partial charge in [0.15, 0.2) is 11.4 Å². The van der Waals surface area contributed by atoms with E-state index in [-0.39, 0.29) is 24.4 Å². The Kier molecular flexibility index (Phi) is 3.63. The maximum Gasteiger partial charge on any atom is 1.00 e.